The molecule has 0 amide bonds. The van der Waals surface area contributed by atoms with Gasteiger partial charge in [-0.05, 0) is 37.3 Å². The first kappa shape index (κ1) is 14.7. The van der Waals surface area contributed by atoms with Crippen LogP contribution in [0.2, 0.25) is 0 Å². The maximum atomic E-state index is 5.79. The molecule has 0 bridgehead atoms. The molecule has 106 valence electrons. The molecular weight excluding hydrogens is 320 g/mol. The molecule has 0 heterocycles. The summed E-state index contributed by atoms with van der Waals surface area (Å²) in [7, 11) is 1.65. The largest absolute Gasteiger partial charge is 0.497 e. The van der Waals surface area contributed by atoms with Gasteiger partial charge in [0.15, 0.2) is 0 Å². The highest BCUT2D eigenvalue weighted by molar-refractivity contribution is 9.10. The highest BCUT2D eigenvalue weighted by atomic mass is 79.9. The summed E-state index contributed by atoms with van der Waals surface area (Å²) in [5.74, 6) is 2.41. The first-order chi connectivity index (χ1) is 9.72. The van der Waals surface area contributed by atoms with Crippen molar-refractivity contribution < 1.29 is 14.2 Å². The minimum atomic E-state index is 0.466. The van der Waals surface area contributed by atoms with Crippen LogP contribution in [0.4, 0.5) is 0 Å². The molecule has 20 heavy (non-hydrogen) atoms. The molecule has 0 aliphatic heterocycles. The van der Waals surface area contributed by atoms with Crippen LogP contribution in [0.1, 0.15) is 12.5 Å². The van der Waals surface area contributed by atoms with E-state index in [0.29, 0.717) is 13.2 Å². The Bertz CT molecular complexity index is 569. The van der Waals surface area contributed by atoms with Crippen molar-refractivity contribution in [1.29, 1.82) is 0 Å². The van der Waals surface area contributed by atoms with Gasteiger partial charge in [0.25, 0.3) is 0 Å². The van der Waals surface area contributed by atoms with E-state index < -0.39 is 0 Å². The number of rotatable bonds is 6. The molecule has 4 heteroatoms. The van der Waals surface area contributed by atoms with Crippen molar-refractivity contribution in [3.05, 3.63) is 52.5 Å². The van der Waals surface area contributed by atoms with Crippen molar-refractivity contribution in [2.45, 2.75) is 13.5 Å². The standard InChI is InChI=1S/C16H17BrO3/c1-3-19-14-5-4-6-15(10-14)20-11-12-9-13(18-2)7-8-16(12)17/h4-10H,3,11H2,1-2H3. The van der Waals surface area contributed by atoms with E-state index in [-0.39, 0.29) is 0 Å². The fourth-order valence-electron chi connectivity index (χ4n) is 1.77. The van der Waals surface area contributed by atoms with E-state index in [4.69, 9.17) is 14.2 Å². The summed E-state index contributed by atoms with van der Waals surface area (Å²) in [5.41, 5.74) is 1.03. The number of benzene rings is 2. The fraction of sp³-hybridized carbons (Fsp3) is 0.250. The van der Waals surface area contributed by atoms with Gasteiger partial charge in [0.2, 0.25) is 0 Å². The summed E-state index contributed by atoms with van der Waals surface area (Å²) < 4.78 is 17.5. The van der Waals surface area contributed by atoms with Crippen molar-refractivity contribution in [2.75, 3.05) is 13.7 Å². The van der Waals surface area contributed by atoms with Crippen LogP contribution in [0.3, 0.4) is 0 Å². The van der Waals surface area contributed by atoms with E-state index in [2.05, 4.69) is 15.9 Å². The molecule has 0 aliphatic rings. The molecule has 0 spiro atoms. The first-order valence-electron chi connectivity index (χ1n) is 6.41. The molecule has 0 unspecified atom stereocenters. The lowest BCUT2D eigenvalue weighted by Gasteiger charge is -2.10. The van der Waals surface area contributed by atoms with Crippen LogP contribution in [0.15, 0.2) is 46.9 Å². The van der Waals surface area contributed by atoms with Crippen LogP contribution in [-0.2, 0) is 6.61 Å². The summed E-state index contributed by atoms with van der Waals surface area (Å²) in [6.45, 7) is 3.07. The van der Waals surface area contributed by atoms with E-state index in [1.807, 2.05) is 49.4 Å². The highest BCUT2D eigenvalue weighted by Crippen LogP contribution is 2.25. The molecule has 3 nitrogen and oxygen atoms in total. The molecule has 0 N–H and O–H groups in total. The molecule has 0 saturated heterocycles. The molecule has 0 atom stereocenters. The Morgan fingerprint density at radius 3 is 2.40 bits per heavy atom. The van der Waals surface area contributed by atoms with Gasteiger partial charge in [-0.25, -0.2) is 0 Å². The van der Waals surface area contributed by atoms with Crippen LogP contribution in [0.25, 0.3) is 0 Å². The molecule has 0 fully saturated rings. The number of hydrogen-bond donors (Lipinski definition) is 0. The smallest absolute Gasteiger partial charge is 0.123 e. The van der Waals surface area contributed by atoms with Gasteiger partial charge >= 0.3 is 0 Å². The predicted molar refractivity (Wildman–Crippen MR) is 82.6 cm³/mol. The van der Waals surface area contributed by atoms with Gasteiger partial charge in [-0.2, -0.15) is 0 Å². The highest BCUT2D eigenvalue weighted by Gasteiger charge is 2.04. The molecule has 0 aromatic heterocycles. The summed E-state index contributed by atoms with van der Waals surface area (Å²) in [6.07, 6.45) is 0. The van der Waals surface area contributed by atoms with Crippen LogP contribution < -0.4 is 14.2 Å². The molecule has 2 aromatic rings. The number of hydrogen-bond acceptors (Lipinski definition) is 3. The van der Waals surface area contributed by atoms with Crippen molar-refractivity contribution in [3.63, 3.8) is 0 Å². The maximum Gasteiger partial charge on any atom is 0.123 e. The lowest BCUT2D eigenvalue weighted by atomic mass is 10.2. The Morgan fingerprint density at radius 1 is 0.950 bits per heavy atom. The second kappa shape index (κ2) is 7.20. The topological polar surface area (TPSA) is 27.7 Å². The lowest BCUT2D eigenvalue weighted by molar-refractivity contribution is 0.298. The van der Waals surface area contributed by atoms with Crippen molar-refractivity contribution in [1.82, 2.24) is 0 Å². The zero-order valence-corrected chi connectivity index (χ0v) is 13.1. The van der Waals surface area contributed by atoms with Gasteiger partial charge in [-0.1, -0.05) is 22.0 Å². The molecule has 0 aliphatic carbocycles. The second-order valence-electron chi connectivity index (χ2n) is 4.15. The van der Waals surface area contributed by atoms with Crippen molar-refractivity contribution in [3.8, 4) is 17.2 Å². The third-order valence-electron chi connectivity index (χ3n) is 2.76. The Hall–Kier alpha value is -1.68. The van der Waals surface area contributed by atoms with Gasteiger partial charge in [-0.15, -0.1) is 0 Å². The third-order valence-corrected chi connectivity index (χ3v) is 3.54. The fourth-order valence-corrected chi connectivity index (χ4v) is 2.13. The van der Waals surface area contributed by atoms with E-state index >= 15 is 0 Å². The monoisotopic (exact) mass is 336 g/mol. The third kappa shape index (κ3) is 3.90. The molecular formula is C16H17BrO3. The molecule has 0 radical (unpaired) electrons. The SMILES string of the molecule is CCOc1cccc(OCc2cc(OC)ccc2Br)c1. The van der Waals surface area contributed by atoms with Crippen LogP contribution in [0.5, 0.6) is 17.2 Å². The zero-order chi connectivity index (χ0) is 14.4. The van der Waals surface area contributed by atoms with E-state index in [1.165, 1.54) is 0 Å². The zero-order valence-electron chi connectivity index (χ0n) is 11.6. The van der Waals surface area contributed by atoms with Crippen LogP contribution in [-0.4, -0.2) is 13.7 Å². The van der Waals surface area contributed by atoms with Crippen LogP contribution >= 0.6 is 15.9 Å². The number of ether oxygens (including phenoxy) is 3. The van der Waals surface area contributed by atoms with Gasteiger partial charge in [-0.3, -0.25) is 0 Å². The molecule has 2 aromatic carbocycles. The van der Waals surface area contributed by atoms with E-state index in [1.54, 1.807) is 7.11 Å². The van der Waals surface area contributed by atoms with Crippen molar-refractivity contribution in [2.24, 2.45) is 0 Å². The summed E-state index contributed by atoms with van der Waals surface area (Å²) in [5, 5.41) is 0. The summed E-state index contributed by atoms with van der Waals surface area (Å²) in [4.78, 5) is 0. The average Bonchev–Trinajstić information content (AvgIpc) is 2.47. The Balaban J connectivity index is 2.06. The number of halogens is 1. The summed E-state index contributed by atoms with van der Waals surface area (Å²) >= 11 is 3.51. The maximum absolute atomic E-state index is 5.79. The normalized spacial score (nSPS) is 10.2. The predicted octanol–water partition coefficient (Wildman–Crippen LogP) is 4.44. The Kier molecular flexibility index (Phi) is 5.30. The quantitative estimate of drug-likeness (QED) is 0.780. The first-order valence-corrected chi connectivity index (χ1v) is 7.20. The van der Waals surface area contributed by atoms with Gasteiger partial charge < -0.3 is 14.2 Å². The summed E-state index contributed by atoms with van der Waals surface area (Å²) in [6, 6.07) is 13.4. The van der Waals surface area contributed by atoms with Crippen molar-refractivity contribution >= 4 is 15.9 Å². The average molecular weight is 337 g/mol. The Labute approximate surface area is 127 Å². The van der Waals surface area contributed by atoms with Gasteiger partial charge in [0.1, 0.15) is 23.9 Å². The minimum absolute atomic E-state index is 0.466. The van der Waals surface area contributed by atoms with E-state index in [0.717, 1.165) is 27.3 Å². The van der Waals surface area contributed by atoms with Gasteiger partial charge in [0.05, 0.1) is 13.7 Å². The second-order valence-corrected chi connectivity index (χ2v) is 5.01. The lowest BCUT2D eigenvalue weighted by Crippen LogP contribution is -1.98. The Morgan fingerprint density at radius 2 is 1.70 bits per heavy atom. The van der Waals surface area contributed by atoms with Gasteiger partial charge in [0, 0.05) is 16.1 Å². The molecule has 0 saturated carbocycles. The van der Waals surface area contributed by atoms with E-state index in [9.17, 15) is 0 Å². The van der Waals surface area contributed by atoms with Crippen LogP contribution in [0, 0.1) is 0 Å². The number of methoxy groups -OCH3 is 1. The molecule has 2 rings (SSSR count). The minimum Gasteiger partial charge on any atom is -0.497 e.